The summed E-state index contributed by atoms with van der Waals surface area (Å²) < 4.78 is 10.9. The van der Waals surface area contributed by atoms with Crippen molar-refractivity contribution in [3.63, 3.8) is 0 Å². The van der Waals surface area contributed by atoms with Crippen LogP contribution in [0.1, 0.15) is 38.7 Å². The number of hydrogen-bond donors (Lipinski definition) is 2. The van der Waals surface area contributed by atoms with Crippen LogP contribution in [0, 0.1) is 0 Å². The SMILES string of the molecule is CCCCCNC(=O)C(C)Oc1ccc(CN)cc1OC. The van der Waals surface area contributed by atoms with Gasteiger partial charge in [-0.05, 0) is 31.0 Å². The fourth-order valence-electron chi connectivity index (χ4n) is 1.91. The van der Waals surface area contributed by atoms with E-state index >= 15 is 0 Å². The number of nitrogens with two attached hydrogens (primary N) is 1. The van der Waals surface area contributed by atoms with Crippen LogP contribution < -0.4 is 20.5 Å². The molecule has 0 fully saturated rings. The van der Waals surface area contributed by atoms with E-state index in [-0.39, 0.29) is 5.91 Å². The molecule has 118 valence electrons. The van der Waals surface area contributed by atoms with Crippen molar-refractivity contribution in [2.24, 2.45) is 5.73 Å². The van der Waals surface area contributed by atoms with Crippen molar-refractivity contribution in [2.45, 2.75) is 45.8 Å². The zero-order valence-corrected chi connectivity index (χ0v) is 13.1. The summed E-state index contributed by atoms with van der Waals surface area (Å²) in [4.78, 5) is 11.9. The average molecular weight is 294 g/mol. The third-order valence-corrected chi connectivity index (χ3v) is 3.22. The first-order valence-corrected chi connectivity index (χ1v) is 7.43. The third-order valence-electron chi connectivity index (χ3n) is 3.22. The largest absolute Gasteiger partial charge is 0.493 e. The number of benzene rings is 1. The minimum Gasteiger partial charge on any atom is -0.493 e. The smallest absolute Gasteiger partial charge is 0.260 e. The number of rotatable bonds is 9. The molecule has 0 aliphatic rings. The Morgan fingerprint density at radius 2 is 2.10 bits per heavy atom. The number of ether oxygens (including phenoxy) is 2. The van der Waals surface area contributed by atoms with Crippen molar-refractivity contribution in [3.8, 4) is 11.5 Å². The summed E-state index contributed by atoms with van der Waals surface area (Å²) in [6.07, 6.45) is 2.67. The molecule has 1 aromatic rings. The Hall–Kier alpha value is -1.75. The van der Waals surface area contributed by atoms with Crippen LogP contribution in [0.3, 0.4) is 0 Å². The number of unbranched alkanes of at least 4 members (excludes halogenated alkanes) is 2. The first kappa shape index (κ1) is 17.3. The third kappa shape index (κ3) is 5.63. The predicted octanol–water partition coefficient (Wildman–Crippen LogP) is 2.23. The number of amides is 1. The van der Waals surface area contributed by atoms with Crippen LogP contribution in [0.25, 0.3) is 0 Å². The fourth-order valence-corrected chi connectivity index (χ4v) is 1.91. The maximum Gasteiger partial charge on any atom is 0.260 e. The maximum atomic E-state index is 11.9. The molecule has 0 saturated heterocycles. The standard InChI is InChI=1S/C16H26N2O3/c1-4-5-6-9-18-16(19)12(2)21-14-8-7-13(11-17)10-15(14)20-3/h7-8,10,12H,4-6,9,11,17H2,1-3H3,(H,18,19). The second kappa shape index (κ2) is 9.23. The molecule has 3 N–H and O–H groups in total. The minimum absolute atomic E-state index is 0.115. The summed E-state index contributed by atoms with van der Waals surface area (Å²) in [6, 6.07) is 5.47. The molecule has 1 aromatic carbocycles. The molecule has 0 aliphatic carbocycles. The van der Waals surface area contributed by atoms with Crippen molar-refractivity contribution in [1.29, 1.82) is 0 Å². The highest BCUT2D eigenvalue weighted by atomic mass is 16.5. The molecule has 0 saturated carbocycles. The number of methoxy groups -OCH3 is 1. The quantitative estimate of drug-likeness (QED) is 0.685. The van der Waals surface area contributed by atoms with Gasteiger partial charge in [-0.15, -0.1) is 0 Å². The van der Waals surface area contributed by atoms with Crippen LogP contribution in [0.15, 0.2) is 18.2 Å². The molecule has 5 nitrogen and oxygen atoms in total. The molecule has 0 radical (unpaired) electrons. The molecule has 5 heteroatoms. The van der Waals surface area contributed by atoms with E-state index < -0.39 is 6.10 Å². The van der Waals surface area contributed by atoms with E-state index in [1.54, 1.807) is 20.1 Å². The Kier molecular flexibility index (Phi) is 7.61. The molecular formula is C16H26N2O3. The van der Waals surface area contributed by atoms with E-state index in [1.165, 1.54) is 0 Å². The summed E-state index contributed by atoms with van der Waals surface area (Å²) in [5.74, 6) is 1.02. The molecule has 1 atom stereocenters. The van der Waals surface area contributed by atoms with Gasteiger partial charge in [0.1, 0.15) is 0 Å². The summed E-state index contributed by atoms with van der Waals surface area (Å²) in [6.45, 7) is 4.98. The molecule has 21 heavy (non-hydrogen) atoms. The van der Waals surface area contributed by atoms with Gasteiger partial charge in [0.15, 0.2) is 17.6 Å². The van der Waals surface area contributed by atoms with Crippen LogP contribution in [-0.2, 0) is 11.3 Å². The minimum atomic E-state index is -0.566. The van der Waals surface area contributed by atoms with Gasteiger partial charge in [0.2, 0.25) is 0 Å². The Morgan fingerprint density at radius 3 is 2.71 bits per heavy atom. The second-order valence-electron chi connectivity index (χ2n) is 4.95. The molecule has 1 amide bonds. The Labute approximate surface area is 126 Å². The molecule has 0 aliphatic heterocycles. The van der Waals surface area contributed by atoms with Gasteiger partial charge in [-0.1, -0.05) is 25.8 Å². The van der Waals surface area contributed by atoms with Crippen LogP contribution >= 0.6 is 0 Å². The molecule has 0 bridgehead atoms. The fraction of sp³-hybridized carbons (Fsp3) is 0.562. The van der Waals surface area contributed by atoms with Gasteiger partial charge in [0.05, 0.1) is 7.11 Å². The van der Waals surface area contributed by atoms with E-state index in [1.807, 2.05) is 12.1 Å². The number of nitrogens with one attached hydrogen (secondary N) is 1. The maximum absolute atomic E-state index is 11.9. The number of carbonyl (C=O) groups excluding carboxylic acids is 1. The Morgan fingerprint density at radius 1 is 1.33 bits per heavy atom. The van der Waals surface area contributed by atoms with Gasteiger partial charge in [-0.3, -0.25) is 4.79 Å². The summed E-state index contributed by atoms with van der Waals surface area (Å²) in [5.41, 5.74) is 6.55. The van der Waals surface area contributed by atoms with E-state index in [4.69, 9.17) is 15.2 Å². The van der Waals surface area contributed by atoms with Gasteiger partial charge >= 0.3 is 0 Å². The lowest BCUT2D eigenvalue weighted by molar-refractivity contribution is -0.127. The lowest BCUT2D eigenvalue weighted by Crippen LogP contribution is -2.36. The van der Waals surface area contributed by atoms with Crippen LogP contribution in [0.5, 0.6) is 11.5 Å². The van der Waals surface area contributed by atoms with Crippen LogP contribution in [0.2, 0.25) is 0 Å². The highest BCUT2D eigenvalue weighted by molar-refractivity contribution is 5.80. The molecule has 0 aromatic heterocycles. The Balaban J connectivity index is 2.57. The van der Waals surface area contributed by atoms with E-state index in [2.05, 4.69) is 12.2 Å². The summed E-state index contributed by atoms with van der Waals surface area (Å²) >= 11 is 0. The van der Waals surface area contributed by atoms with Gasteiger partial charge in [-0.25, -0.2) is 0 Å². The van der Waals surface area contributed by atoms with Crippen molar-refractivity contribution >= 4 is 5.91 Å². The number of carbonyl (C=O) groups is 1. The summed E-state index contributed by atoms with van der Waals surface area (Å²) in [7, 11) is 1.57. The van der Waals surface area contributed by atoms with E-state index in [9.17, 15) is 4.79 Å². The zero-order chi connectivity index (χ0) is 15.7. The van der Waals surface area contributed by atoms with Gasteiger partial charge in [0, 0.05) is 13.1 Å². The van der Waals surface area contributed by atoms with E-state index in [0.29, 0.717) is 24.6 Å². The number of hydrogen-bond acceptors (Lipinski definition) is 4. The van der Waals surface area contributed by atoms with Crippen molar-refractivity contribution in [1.82, 2.24) is 5.32 Å². The van der Waals surface area contributed by atoms with Gasteiger partial charge in [-0.2, -0.15) is 0 Å². The second-order valence-corrected chi connectivity index (χ2v) is 4.95. The predicted molar refractivity (Wildman–Crippen MR) is 83.5 cm³/mol. The summed E-state index contributed by atoms with van der Waals surface area (Å²) in [5, 5.41) is 2.87. The van der Waals surface area contributed by atoms with E-state index in [0.717, 1.165) is 24.8 Å². The van der Waals surface area contributed by atoms with Gasteiger partial charge in [0.25, 0.3) is 5.91 Å². The van der Waals surface area contributed by atoms with Crippen LogP contribution in [-0.4, -0.2) is 25.7 Å². The lowest BCUT2D eigenvalue weighted by atomic mass is 10.2. The molecule has 1 unspecified atom stereocenters. The monoisotopic (exact) mass is 294 g/mol. The lowest BCUT2D eigenvalue weighted by Gasteiger charge is -2.17. The average Bonchev–Trinajstić information content (AvgIpc) is 2.51. The van der Waals surface area contributed by atoms with Crippen molar-refractivity contribution in [2.75, 3.05) is 13.7 Å². The van der Waals surface area contributed by atoms with Crippen molar-refractivity contribution < 1.29 is 14.3 Å². The highest BCUT2D eigenvalue weighted by Gasteiger charge is 2.16. The first-order valence-electron chi connectivity index (χ1n) is 7.43. The molecule has 1 rings (SSSR count). The topological polar surface area (TPSA) is 73.6 Å². The zero-order valence-electron chi connectivity index (χ0n) is 13.1. The molecule has 0 spiro atoms. The first-order chi connectivity index (χ1) is 10.1. The Bertz CT molecular complexity index is 449. The molecule has 0 heterocycles. The van der Waals surface area contributed by atoms with Crippen molar-refractivity contribution in [3.05, 3.63) is 23.8 Å². The highest BCUT2D eigenvalue weighted by Crippen LogP contribution is 2.28. The molecular weight excluding hydrogens is 268 g/mol. The normalized spacial score (nSPS) is 11.8. The van der Waals surface area contributed by atoms with Gasteiger partial charge < -0.3 is 20.5 Å². The van der Waals surface area contributed by atoms with Crippen LogP contribution in [0.4, 0.5) is 0 Å².